The van der Waals surface area contributed by atoms with E-state index in [-0.39, 0.29) is 17.6 Å². The van der Waals surface area contributed by atoms with Crippen molar-refractivity contribution in [3.8, 4) is 12.1 Å². The molecule has 0 spiro atoms. The molecule has 2 saturated heterocycles. The zero-order valence-electron chi connectivity index (χ0n) is 17.4. The van der Waals surface area contributed by atoms with Crippen LogP contribution < -0.4 is 15.1 Å². The number of fused-ring (bicyclic) bond motifs is 1. The van der Waals surface area contributed by atoms with Crippen molar-refractivity contribution in [3.63, 3.8) is 0 Å². The zero-order chi connectivity index (χ0) is 22.9. The Morgan fingerprint density at radius 1 is 1.06 bits per heavy atom. The minimum atomic E-state index is -0.426. The maximum absolute atomic E-state index is 11.4. The summed E-state index contributed by atoms with van der Waals surface area (Å²) in [7, 11) is 0. The van der Waals surface area contributed by atoms with Crippen molar-refractivity contribution in [1.29, 1.82) is 10.5 Å². The lowest BCUT2D eigenvalue weighted by Crippen LogP contribution is -2.46. The van der Waals surface area contributed by atoms with Gasteiger partial charge in [0.1, 0.15) is 6.07 Å². The lowest BCUT2D eigenvalue weighted by atomic mass is 10.0. The first-order chi connectivity index (χ1) is 16.1. The molecule has 164 valence electrons. The predicted octanol–water partition coefficient (Wildman–Crippen LogP) is 1.85. The molecule has 1 atom stereocenters. The summed E-state index contributed by atoms with van der Waals surface area (Å²) in [5.41, 5.74) is 0.381. The Morgan fingerprint density at radius 3 is 2.45 bits per heavy atom. The quantitative estimate of drug-likeness (QED) is 0.453. The number of nitro groups is 1. The number of rotatable bonds is 5. The number of non-ortho nitro benzene ring substituents is 1. The summed E-state index contributed by atoms with van der Waals surface area (Å²) in [6, 6.07) is 9.00. The first kappa shape index (κ1) is 20.3. The van der Waals surface area contributed by atoms with E-state index in [4.69, 9.17) is 10.5 Å². The van der Waals surface area contributed by atoms with Crippen molar-refractivity contribution >= 4 is 34.0 Å². The number of benzene rings is 1. The van der Waals surface area contributed by atoms with Gasteiger partial charge in [0.05, 0.1) is 34.9 Å². The largest absolute Gasteiger partial charge is 0.352 e. The summed E-state index contributed by atoms with van der Waals surface area (Å²) in [5.74, 6) is 1.59. The lowest BCUT2D eigenvalue weighted by Gasteiger charge is -2.36. The molecule has 2 fully saturated rings. The van der Waals surface area contributed by atoms with Crippen LogP contribution in [0.25, 0.3) is 10.8 Å². The molecule has 0 aliphatic carbocycles. The van der Waals surface area contributed by atoms with Crippen LogP contribution in [0.2, 0.25) is 0 Å². The average molecular weight is 442 g/mol. The van der Waals surface area contributed by atoms with Gasteiger partial charge in [0, 0.05) is 55.1 Å². The number of hydrogen-bond donors (Lipinski definition) is 1. The van der Waals surface area contributed by atoms with Gasteiger partial charge in [0.2, 0.25) is 5.95 Å². The fourth-order valence-electron chi connectivity index (χ4n) is 4.14. The molecule has 4 heterocycles. The third-order valence-corrected chi connectivity index (χ3v) is 5.90. The van der Waals surface area contributed by atoms with Gasteiger partial charge in [-0.25, -0.2) is 9.97 Å². The van der Waals surface area contributed by atoms with Gasteiger partial charge < -0.3 is 15.1 Å². The molecule has 2 aliphatic rings. The summed E-state index contributed by atoms with van der Waals surface area (Å²) < 4.78 is 0. The smallest absolute Gasteiger partial charge is 0.270 e. The van der Waals surface area contributed by atoms with Crippen LogP contribution in [0.4, 0.5) is 23.3 Å². The van der Waals surface area contributed by atoms with Crippen molar-refractivity contribution in [2.75, 3.05) is 41.3 Å². The molecular formula is C21H18N10O2. The highest BCUT2D eigenvalue weighted by molar-refractivity contribution is 6.00. The Morgan fingerprint density at radius 2 is 1.79 bits per heavy atom. The van der Waals surface area contributed by atoms with Crippen LogP contribution in [0.15, 0.2) is 30.6 Å². The van der Waals surface area contributed by atoms with E-state index in [0.717, 1.165) is 11.8 Å². The Hall–Kier alpha value is -4.58. The highest BCUT2D eigenvalue weighted by atomic mass is 16.6. The molecule has 12 heteroatoms. The Labute approximate surface area is 188 Å². The number of hydrogen-bond acceptors (Lipinski definition) is 11. The van der Waals surface area contributed by atoms with E-state index in [2.05, 4.69) is 36.5 Å². The molecule has 0 bridgehead atoms. The van der Waals surface area contributed by atoms with Gasteiger partial charge in [0.25, 0.3) is 5.69 Å². The predicted molar refractivity (Wildman–Crippen MR) is 118 cm³/mol. The van der Waals surface area contributed by atoms with Crippen LogP contribution in [0.5, 0.6) is 0 Å². The molecule has 5 rings (SSSR count). The lowest BCUT2D eigenvalue weighted by molar-refractivity contribution is -0.384. The van der Waals surface area contributed by atoms with Gasteiger partial charge in [0.15, 0.2) is 11.6 Å². The van der Waals surface area contributed by atoms with Crippen LogP contribution in [-0.4, -0.2) is 57.3 Å². The van der Waals surface area contributed by atoms with Crippen LogP contribution in [-0.2, 0) is 0 Å². The van der Waals surface area contributed by atoms with Crippen LogP contribution in [0.3, 0.4) is 0 Å². The van der Waals surface area contributed by atoms with E-state index in [0.29, 0.717) is 54.7 Å². The third kappa shape index (κ3) is 3.78. The SMILES string of the molecule is N#Cc1cnc(NC2CCN(c3nnc(N4CC(C#N)C4)c4cc([N+](=O)[O-])ccc34)C2)nc1. The van der Waals surface area contributed by atoms with Crippen LogP contribution in [0.1, 0.15) is 12.0 Å². The zero-order valence-corrected chi connectivity index (χ0v) is 17.4. The minimum Gasteiger partial charge on any atom is -0.352 e. The van der Waals surface area contributed by atoms with Gasteiger partial charge in [-0.2, -0.15) is 10.5 Å². The topological polar surface area (TPSA) is 161 Å². The Bertz CT molecular complexity index is 1310. The molecule has 3 aromatic rings. The average Bonchev–Trinajstić information content (AvgIpc) is 3.26. The molecule has 0 saturated carbocycles. The van der Waals surface area contributed by atoms with E-state index in [9.17, 15) is 10.1 Å². The molecule has 1 unspecified atom stereocenters. The number of nitrogens with zero attached hydrogens (tertiary/aromatic N) is 9. The number of aromatic nitrogens is 4. The summed E-state index contributed by atoms with van der Waals surface area (Å²) in [4.78, 5) is 23.3. The first-order valence-corrected chi connectivity index (χ1v) is 10.4. The second-order valence-electron chi connectivity index (χ2n) is 8.05. The fourth-order valence-corrected chi connectivity index (χ4v) is 4.14. The molecular weight excluding hydrogens is 424 g/mol. The van der Waals surface area contributed by atoms with Crippen molar-refractivity contribution in [1.82, 2.24) is 20.2 Å². The monoisotopic (exact) mass is 442 g/mol. The van der Waals surface area contributed by atoms with E-state index < -0.39 is 4.92 Å². The van der Waals surface area contributed by atoms with Crippen molar-refractivity contribution in [2.24, 2.45) is 5.92 Å². The molecule has 0 amide bonds. The number of nitriles is 2. The summed E-state index contributed by atoms with van der Waals surface area (Å²) in [6.45, 7) is 2.41. The molecule has 0 radical (unpaired) electrons. The number of nitrogens with one attached hydrogen (secondary N) is 1. The molecule has 2 aliphatic heterocycles. The number of anilines is 3. The third-order valence-electron chi connectivity index (χ3n) is 5.90. The molecule has 1 aromatic carbocycles. The maximum atomic E-state index is 11.4. The standard InChI is InChI=1S/C21H18N10O2/c22-6-13-8-24-21(25-9-13)26-15-3-4-29(12-15)19-17-2-1-16(31(32)33)5-18(17)20(28-27-19)30-10-14(7-23)11-30/h1-2,5,8-9,14-15H,3-4,10-12H2,(H,24,25,26). The highest BCUT2D eigenvalue weighted by Crippen LogP contribution is 2.36. The van der Waals surface area contributed by atoms with Crippen LogP contribution >= 0.6 is 0 Å². The summed E-state index contributed by atoms with van der Waals surface area (Å²) >= 11 is 0. The molecule has 2 aromatic heterocycles. The van der Waals surface area contributed by atoms with Crippen molar-refractivity contribution in [2.45, 2.75) is 12.5 Å². The highest BCUT2D eigenvalue weighted by Gasteiger charge is 2.32. The fraction of sp³-hybridized carbons (Fsp3) is 0.333. The summed E-state index contributed by atoms with van der Waals surface area (Å²) in [5, 5.41) is 42.9. The van der Waals surface area contributed by atoms with E-state index in [1.807, 2.05) is 11.0 Å². The van der Waals surface area contributed by atoms with E-state index in [1.54, 1.807) is 6.07 Å². The molecule has 1 N–H and O–H groups in total. The van der Waals surface area contributed by atoms with Crippen molar-refractivity contribution in [3.05, 3.63) is 46.3 Å². The molecule has 12 nitrogen and oxygen atoms in total. The second kappa shape index (κ2) is 8.16. The number of nitro benzene ring substituents is 1. The van der Waals surface area contributed by atoms with Gasteiger partial charge in [-0.3, -0.25) is 10.1 Å². The van der Waals surface area contributed by atoms with E-state index in [1.165, 1.54) is 24.5 Å². The molecule has 33 heavy (non-hydrogen) atoms. The first-order valence-electron chi connectivity index (χ1n) is 10.4. The summed E-state index contributed by atoms with van der Waals surface area (Å²) in [6.07, 6.45) is 3.76. The second-order valence-corrected chi connectivity index (χ2v) is 8.05. The van der Waals surface area contributed by atoms with Gasteiger partial charge in [-0.05, 0) is 12.5 Å². The van der Waals surface area contributed by atoms with Gasteiger partial charge in [-0.1, -0.05) is 0 Å². The Balaban J connectivity index is 1.41. The minimum absolute atomic E-state index is 0.0148. The Kier molecular flexibility index (Phi) is 5.03. The maximum Gasteiger partial charge on any atom is 0.270 e. The normalized spacial score (nSPS) is 17.9. The van der Waals surface area contributed by atoms with Crippen molar-refractivity contribution < 1.29 is 4.92 Å². The van der Waals surface area contributed by atoms with Gasteiger partial charge >= 0.3 is 0 Å². The van der Waals surface area contributed by atoms with Crippen LogP contribution in [0, 0.1) is 38.7 Å². The van der Waals surface area contributed by atoms with Gasteiger partial charge in [-0.15, -0.1) is 10.2 Å². The van der Waals surface area contributed by atoms with E-state index >= 15 is 0 Å².